The number of benzene rings is 1. The molecule has 1 aromatic heterocycles. The fourth-order valence-corrected chi connectivity index (χ4v) is 2.50. The molecule has 0 aliphatic rings. The number of nitrogens with zero attached hydrogens (tertiary/aromatic N) is 1. The van der Waals surface area contributed by atoms with E-state index in [0.717, 1.165) is 6.42 Å². The van der Waals surface area contributed by atoms with E-state index in [2.05, 4.69) is 77.9 Å². The maximum Gasteiger partial charge on any atom is 0.0592 e. The summed E-state index contributed by atoms with van der Waals surface area (Å²) in [6.45, 7) is 2.26. The molecule has 1 heterocycles. The van der Waals surface area contributed by atoms with Crippen LogP contribution in [0.4, 0.5) is 0 Å². The molecule has 2 rings (SSSR count). The molecule has 0 saturated carbocycles. The van der Waals surface area contributed by atoms with Gasteiger partial charge in [-0.1, -0.05) is 12.1 Å². The van der Waals surface area contributed by atoms with Crippen molar-refractivity contribution in [2.45, 2.75) is 19.4 Å². The Morgan fingerprint density at radius 1 is 1.38 bits per heavy atom. The van der Waals surface area contributed by atoms with E-state index in [1.165, 1.54) is 20.0 Å². The van der Waals surface area contributed by atoms with E-state index >= 15 is 0 Å². The van der Waals surface area contributed by atoms with Crippen LogP contribution in [0, 0.1) is 3.57 Å². The number of nitrogens with one attached hydrogen (secondary N) is 1. The highest BCUT2D eigenvalue weighted by atomic mass is 127. The van der Waals surface area contributed by atoms with Crippen LogP contribution in [0.2, 0.25) is 0 Å². The number of fused-ring (bicyclic) bond motifs is 1. The standard InChI is InChI=1S/C13H17IN2/c1-9(16(2)3)7-10-8-15-13-11(10)5-4-6-12(13)14/h4-6,8-9,15H,7H2,1-3H3/t9-/m1/s1. The van der Waals surface area contributed by atoms with Crippen LogP contribution >= 0.6 is 22.6 Å². The summed E-state index contributed by atoms with van der Waals surface area (Å²) >= 11 is 2.38. The average Bonchev–Trinajstić information content (AvgIpc) is 2.63. The summed E-state index contributed by atoms with van der Waals surface area (Å²) < 4.78 is 1.29. The second-order valence-electron chi connectivity index (χ2n) is 4.49. The molecule has 16 heavy (non-hydrogen) atoms. The van der Waals surface area contributed by atoms with Crippen molar-refractivity contribution >= 4 is 33.5 Å². The molecule has 86 valence electrons. The molecular weight excluding hydrogens is 311 g/mol. The molecule has 0 fully saturated rings. The third kappa shape index (κ3) is 2.25. The van der Waals surface area contributed by atoms with Gasteiger partial charge in [0.1, 0.15) is 0 Å². The molecule has 0 saturated heterocycles. The third-order valence-corrected chi connectivity index (χ3v) is 4.05. The predicted molar refractivity (Wildman–Crippen MR) is 77.9 cm³/mol. The van der Waals surface area contributed by atoms with Crippen molar-refractivity contribution in [2.75, 3.05) is 14.1 Å². The minimum atomic E-state index is 0.567. The van der Waals surface area contributed by atoms with Gasteiger partial charge in [0.2, 0.25) is 0 Å². The van der Waals surface area contributed by atoms with Gasteiger partial charge in [-0.25, -0.2) is 0 Å². The number of hydrogen-bond acceptors (Lipinski definition) is 1. The third-order valence-electron chi connectivity index (χ3n) is 3.15. The van der Waals surface area contributed by atoms with Crippen LogP contribution in [-0.2, 0) is 6.42 Å². The smallest absolute Gasteiger partial charge is 0.0592 e. The van der Waals surface area contributed by atoms with Gasteiger partial charge in [-0.2, -0.15) is 0 Å². The molecule has 3 heteroatoms. The molecule has 2 nitrogen and oxygen atoms in total. The van der Waals surface area contributed by atoms with E-state index in [1.807, 2.05) is 0 Å². The number of aromatic amines is 1. The second kappa shape index (κ2) is 4.75. The zero-order valence-electron chi connectivity index (χ0n) is 9.92. The minimum absolute atomic E-state index is 0.567. The number of para-hydroxylation sites is 1. The molecule has 1 aromatic carbocycles. The van der Waals surface area contributed by atoms with Gasteiger partial charge in [-0.15, -0.1) is 0 Å². The first-order chi connectivity index (χ1) is 7.59. The first kappa shape index (κ1) is 11.9. The van der Waals surface area contributed by atoms with Crippen molar-refractivity contribution in [3.63, 3.8) is 0 Å². The maximum absolute atomic E-state index is 3.37. The highest BCUT2D eigenvalue weighted by Crippen LogP contribution is 2.24. The summed E-state index contributed by atoms with van der Waals surface area (Å²) in [4.78, 5) is 5.63. The van der Waals surface area contributed by atoms with E-state index in [9.17, 15) is 0 Å². The molecule has 2 aromatic rings. The molecule has 1 N–H and O–H groups in total. The Morgan fingerprint density at radius 2 is 2.12 bits per heavy atom. The monoisotopic (exact) mass is 328 g/mol. The zero-order chi connectivity index (χ0) is 11.7. The Labute approximate surface area is 110 Å². The lowest BCUT2D eigenvalue weighted by Gasteiger charge is -2.19. The molecule has 0 aliphatic heterocycles. The van der Waals surface area contributed by atoms with E-state index in [0.29, 0.717) is 6.04 Å². The number of likely N-dealkylation sites (N-methyl/N-ethyl adjacent to an activating group) is 1. The zero-order valence-corrected chi connectivity index (χ0v) is 12.1. The Bertz CT molecular complexity index is 488. The van der Waals surface area contributed by atoms with Gasteiger partial charge in [0.25, 0.3) is 0 Å². The molecule has 0 radical (unpaired) electrons. The van der Waals surface area contributed by atoms with E-state index in [4.69, 9.17) is 0 Å². The van der Waals surface area contributed by atoms with Crippen molar-refractivity contribution < 1.29 is 0 Å². The lowest BCUT2D eigenvalue weighted by Crippen LogP contribution is -2.26. The second-order valence-corrected chi connectivity index (χ2v) is 5.66. The van der Waals surface area contributed by atoms with Gasteiger partial charge in [-0.3, -0.25) is 0 Å². The van der Waals surface area contributed by atoms with Crippen LogP contribution in [0.1, 0.15) is 12.5 Å². The predicted octanol–water partition coefficient (Wildman–Crippen LogP) is 3.27. The van der Waals surface area contributed by atoms with Crippen molar-refractivity contribution in [1.82, 2.24) is 9.88 Å². The van der Waals surface area contributed by atoms with Gasteiger partial charge < -0.3 is 9.88 Å². The molecule has 0 bridgehead atoms. The summed E-state index contributed by atoms with van der Waals surface area (Å²) in [5.74, 6) is 0. The number of halogens is 1. The highest BCUT2D eigenvalue weighted by molar-refractivity contribution is 14.1. The number of rotatable bonds is 3. The lowest BCUT2D eigenvalue weighted by molar-refractivity contribution is 0.313. The van der Waals surface area contributed by atoms with Gasteiger partial charge >= 0.3 is 0 Å². The van der Waals surface area contributed by atoms with E-state index in [-0.39, 0.29) is 0 Å². The lowest BCUT2D eigenvalue weighted by atomic mass is 10.1. The van der Waals surface area contributed by atoms with Gasteiger partial charge in [0, 0.05) is 21.2 Å². The fraction of sp³-hybridized carbons (Fsp3) is 0.385. The largest absolute Gasteiger partial charge is 0.360 e. The normalized spacial score (nSPS) is 13.6. The number of aromatic nitrogens is 1. The Hall–Kier alpha value is -0.550. The summed E-state index contributed by atoms with van der Waals surface area (Å²) in [5, 5.41) is 1.36. The Balaban J connectivity index is 2.36. The molecule has 0 unspecified atom stereocenters. The molecule has 0 aliphatic carbocycles. The van der Waals surface area contributed by atoms with E-state index in [1.54, 1.807) is 0 Å². The topological polar surface area (TPSA) is 19.0 Å². The molecule has 1 atom stereocenters. The van der Waals surface area contributed by atoms with Crippen LogP contribution < -0.4 is 0 Å². The van der Waals surface area contributed by atoms with E-state index < -0.39 is 0 Å². The van der Waals surface area contributed by atoms with Gasteiger partial charge in [0.15, 0.2) is 0 Å². The quantitative estimate of drug-likeness (QED) is 0.857. The van der Waals surface area contributed by atoms with Crippen LogP contribution in [0.15, 0.2) is 24.4 Å². The first-order valence-electron chi connectivity index (χ1n) is 5.50. The van der Waals surface area contributed by atoms with Crippen molar-refractivity contribution in [3.8, 4) is 0 Å². The first-order valence-corrected chi connectivity index (χ1v) is 6.58. The minimum Gasteiger partial charge on any atom is -0.360 e. The van der Waals surface area contributed by atoms with Crippen molar-refractivity contribution in [2.24, 2.45) is 0 Å². The summed E-state index contributed by atoms with van der Waals surface area (Å²) in [6.07, 6.45) is 3.24. The summed E-state index contributed by atoms with van der Waals surface area (Å²) in [7, 11) is 4.26. The van der Waals surface area contributed by atoms with Crippen LogP contribution in [-0.4, -0.2) is 30.0 Å². The van der Waals surface area contributed by atoms with Crippen LogP contribution in [0.5, 0.6) is 0 Å². The molecule has 0 spiro atoms. The van der Waals surface area contributed by atoms with Crippen LogP contribution in [0.25, 0.3) is 10.9 Å². The van der Waals surface area contributed by atoms with Crippen LogP contribution in [0.3, 0.4) is 0 Å². The number of H-pyrrole nitrogens is 1. The Morgan fingerprint density at radius 3 is 2.81 bits per heavy atom. The average molecular weight is 328 g/mol. The molecular formula is C13H17IN2. The van der Waals surface area contributed by atoms with Gasteiger partial charge in [0.05, 0.1) is 5.52 Å². The number of hydrogen-bond donors (Lipinski definition) is 1. The Kier molecular flexibility index (Phi) is 3.54. The van der Waals surface area contributed by atoms with Crippen molar-refractivity contribution in [3.05, 3.63) is 33.5 Å². The molecule has 0 amide bonds. The maximum atomic E-state index is 3.37. The highest BCUT2D eigenvalue weighted by Gasteiger charge is 2.10. The fourth-order valence-electron chi connectivity index (χ4n) is 1.85. The van der Waals surface area contributed by atoms with Gasteiger partial charge in [-0.05, 0) is 61.7 Å². The summed E-state index contributed by atoms with van der Waals surface area (Å²) in [5.41, 5.74) is 2.68. The SMILES string of the molecule is C[C@H](Cc1c[nH]c2c(I)cccc12)N(C)C. The summed E-state index contributed by atoms with van der Waals surface area (Å²) in [6, 6.07) is 7.03. The van der Waals surface area contributed by atoms with Crippen molar-refractivity contribution in [1.29, 1.82) is 0 Å².